The zero-order valence-electron chi connectivity index (χ0n) is 14.1. The molecule has 0 atom stereocenters. The Hall–Kier alpha value is -2.45. The minimum absolute atomic E-state index is 0.0987. The van der Waals surface area contributed by atoms with E-state index in [2.05, 4.69) is 5.32 Å². The summed E-state index contributed by atoms with van der Waals surface area (Å²) in [7, 11) is 0.374. The van der Waals surface area contributed by atoms with Crippen molar-refractivity contribution >= 4 is 15.9 Å². The highest BCUT2D eigenvalue weighted by atomic mass is 32.2. The second kappa shape index (κ2) is 7.62. The average molecular weight is 366 g/mol. The van der Waals surface area contributed by atoms with E-state index in [1.54, 1.807) is 12.1 Å². The Balaban J connectivity index is 2.26. The molecule has 134 valence electrons. The lowest BCUT2D eigenvalue weighted by molar-refractivity contribution is 0.0950. The quantitative estimate of drug-likeness (QED) is 0.849. The molecular formula is C17H19FN2O4S. The number of hydrogen-bond acceptors (Lipinski definition) is 4. The van der Waals surface area contributed by atoms with Gasteiger partial charge in [-0.3, -0.25) is 4.79 Å². The maximum absolute atomic E-state index is 13.2. The summed E-state index contributed by atoms with van der Waals surface area (Å²) in [5.41, 5.74) is 0.764. The first-order valence-corrected chi connectivity index (χ1v) is 8.83. The van der Waals surface area contributed by atoms with Gasteiger partial charge in [0.2, 0.25) is 10.0 Å². The third-order valence-corrected chi connectivity index (χ3v) is 5.36. The first-order chi connectivity index (χ1) is 11.8. The predicted octanol–water partition coefficient (Wildman–Crippen LogP) is 2.01. The van der Waals surface area contributed by atoms with Crippen molar-refractivity contribution in [3.05, 3.63) is 59.4 Å². The third-order valence-electron chi connectivity index (χ3n) is 3.53. The summed E-state index contributed by atoms with van der Waals surface area (Å²) in [5.74, 6) is -0.715. The molecular weight excluding hydrogens is 347 g/mol. The second-order valence-electron chi connectivity index (χ2n) is 5.47. The number of halogens is 1. The molecule has 0 unspecified atom stereocenters. The zero-order valence-corrected chi connectivity index (χ0v) is 14.9. The number of benzene rings is 2. The van der Waals surface area contributed by atoms with E-state index in [9.17, 15) is 17.6 Å². The lowest BCUT2D eigenvalue weighted by Gasteiger charge is -2.15. The molecule has 25 heavy (non-hydrogen) atoms. The molecule has 0 aromatic heterocycles. The lowest BCUT2D eigenvalue weighted by atomic mass is 10.2. The maximum atomic E-state index is 13.2. The number of nitrogens with one attached hydrogen (secondary N) is 1. The van der Waals surface area contributed by atoms with Crippen LogP contribution < -0.4 is 10.1 Å². The van der Waals surface area contributed by atoms with Gasteiger partial charge in [-0.05, 0) is 35.9 Å². The third kappa shape index (κ3) is 4.34. The van der Waals surface area contributed by atoms with Crippen LogP contribution in [0.1, 0.15) is 15.9 Å². The summed E-state index contributed by atoms with van der Waals surface area (Å²) in [5, 5.41) is 2.63. The van der Waals surface area contributed by atoms with Crippen LogP contribution in [0, 0.1) is 5.82 Å². The van der Waals surface area contributed by atoms with Crippen molar-refractivity contribution in [1.82, 2.24) is 9.62 Å². The van der Waals surface area contributed by atoms with Crippen molar-refractivity contribution in [1.29, 1.82) is 0 Å². The largest absolute Gasteiger partial charge is 0.495 e. The Kier molecular flexibility index (Phi) is 5.76. The zero-order chi connectivity index (χ0) is 18.6. The molecule has 1 amide bonds. The fourth-order valence-electron chi connectivity index (χ4n) is 2.15. The number of sulfonamides is 1. The average Bonchev–Trinajstić information content (AvgIpc) is 2.59. The molecule has 0 saturated heterocycles. The lowest BCUT2D eigenvalue weighted by Crippen LogP contribution is -2.25. The van der Waals surface area contributed by atoms with E-state index in [1.165, 1.54) is 51.5 Å². The Morgan fingerprint density at radius 2 is 1.92 bits per heavy atom. The van der Waals surface area contributed by atoms with Crippen LogP contribution in [0.2, 0.25) is 0 Å². The van der Waals surface area contributed by atoms with Gasteiger partial charge in [-0.25, -0.2) is 17.1 Å². The number of amides is 1. The van der Waals surface area contributed by atoms with E-state index >= 15 is 0 Å². The minimum Gasteiger partial charge on any atom is -0.495 e. The molecule has 0 aliphatic rings. The van der Waals surface area contributed by atoms with Crippen LogP contribution in [0.25, 0.3) is 0 Å². The summed E-state index contributed by atoms with van der Waals surface area (Å²) in [6, 6.07) is 10.0. The Labute approximate surface area is 146 Å². The van der Waals surface area contributed by atoms with Crippen LogP contribution >= 0.6 is 0 Å². The minimum atomic E-state index is -3.77. The van der Waals surface area contributed by atoms with Gasteiger partial charge < -0.3 is 10.1 Å². The van der Waals surface area contributed by atoms with Crippen molar-refractivity contribution in [3.8, 4) is 5.75 Å². The van der Waals surface area contributed by atoms with E-state index in [1.807, 2.05) is 0 Å². The summed E-state index contributed by atoms with van der Waals surface area (Å²) in [4.78, 5) is 12.2. The molecule has 0 bridgehead atoms. The number of nitrogens with zero attached hydrogens (tertiary/aromatic N) is 1. The molecule has 0 radical (unpaired) electrons. The summed E-state index contributed by atoms with van der Waals surface area (Å²) < 4.78 is 44.0. The highest BCUT2D eigenvalue weighted by Crippen LogP contribution is 2.26. The van der Waals surface area contributed by atoms with Gasteiger partial charge in [0.05, 0.1) is 7.11 Å². The standard InChI is InChI=1S/C17H19FN2O4S/c1-20(2)25(22,23)16-10-13(7-8-15(16)24-3)17(21)19-11-12-5-4-6-14(18)9-12/h4-10H,11H2,1-3H3,(H,19,21). The highest BCUT2D eigenvalue weighted by Gasteiger charge is 2.23. The van der Waals surface area contributed by atoms with Crippen LogP contribution in [0.15, 0.2) is 47.4 Å². The van der Waals surface area contributed by atoms with Crippen LogP contribution in [0.3, 0.4) is 0 Å². The molecule has 2 rings (SSSR count). The SMILES string of the molecule is COc1ccc(C(=O)NCc2cccc(F)c2)cc1S(=O)(=O)N(C)C. The number of ether oxygens (including phenoxy) is 1. The van der Waals surface area contributed by atoms with Crippen LogP contribution in [0.4, 0.5) is 4.39 Å². The summed E-state index contributed by atoms with van der Waals surface area (Å²) in [6.07, 6.45) is 0. The number of carbonyl (C=O) groups excluding carboxylic acids is 1. The number of methoxy groups -OCH3 is 1. The maximum Gasteiger partial charge on any atom is 0.251 e. The van der Waals surface area contributed by atoms with Crippen molar-refractivity contribution in [2.24, 2.45) is 0 Å². The monoisotopic (exact) mass is 366 g/mol. The molecule has 2 aromatic carbocycles. The van der Waals surface area contributed by atoms with Gasteiger partial charge in [0, 0.05) is 26.2 Å². The van der Waals surface area contributed by atoms with E-state index in [0.29, 0.717) is 5.56 Å². The molecule has 0 saturated carbocycles. The highest BCUT2D eigenvalue weighted by molar-refractivity contribution is 7.89. The Morgan fingerprint density at radius 1 is 1.20 bits per heavy atom. The molecule has 6 nitrogen and oxygen atoms in total. The first-order valence-electron chi connectivity index (χ1n) is 7.39. The van der Waals surface area contributed by atoms with Crippen LogP contribution in [0.5, 0.6) is 5.75 Å². The molecule has 2 aromatic rings. The number of rotatable bonds is 6. The van der Waals surface area contributed by atoms with Gasteiger partial charge in [-0.1, -0.05) is 12.1 Å². The molecule has 0 fully saturated rings. The summed E-state index contributed by atoms with van der Waals surface area (Å²) >= 11 is 0. The molecule has 0 aliphatic heterocycles. The van der Waals surface area contributed by atoms with Gasteiger partial charge in [0.15, 0.2) is 0 Å². The van der Waals surface area contributed by atoms with E-state index in [-0.39, 0.29) is 22.8 Å². The molecule has 0 heterocycles. The van der Waals surface area contributed by atoms with E-state index < -0.39 is 21.7 Å². The second-order valence-corrected chi connectivity index (χ2v) is 7.59. The van der Waals surface area contributed by atoms with Gasteiger partial charge in [0.25, 0.3) is 5.91 Å². The van der Waals surface area contributed by atoms with Crippen molar-refractivity contribution in [2.75, 3.05) is 21.2 Å². The van der Waals surface area contributed by atoms with Gasteiger partial charge >= 0.3 is 0 Å². The molecule has 0 aliphatic carbocycles. The predicted molar refractivity (Wildman–Crippen MR) is 91.4 cm³/mol. The topological polar surface area (TPSA) is 75.7 Å². The smallest absolute Gasteiger partial charge is 0.251 e. The number of hydrogen-bond donors (Lipinski definition) is 1. The summed E-state index contributed by atoms with van der Waals surface area (Å²) in [6.45, 7) is 0.123. The van der Waals surface area contributed by atoms with E-state index in [0.717, 1.165) is 4.31 Å². The van der Waals surface area contributed by atoms with Crippen molar-refractivity contribution < 1.29 is 22.3 Å². The Bertz CT molecular complexity index is 882. The molecule has 8 heteroatoms. The fraction of sp³-hybridized carbons (Fsp3) is 0.235. The fourth-order valence-corrected chi connectivity index (χ4v) is 3.22. The van der Waals surface area contributed by atoms with Gasteiger partial charge in [0.1, 0.15) is 16.5 Å². The van der Waals surface area contributed by atoms with Crippen molar-refractivity contribution in [3.63, 3.8) is 0 Å². The number of carbonyl (C=O) groups is 1. The van der Waals surface area contributed by atoms with Gasteiger partial charge in [-0.2, -0.15) is 0 Å². The Morgan fingerprint density at radius 3 is 2.52 bits per heavy atom. The molecule has 1 N–H and O–H groups in total. The first kappa shape index (κ1) is 18.9. The van der Waals surface area contributed by atoms with Crippen LogP contribution in [-0.2, 0) is 16.6 Å². The normalized spacial score (nSPS) is 11.4. The van der Waals surface area contributed by atoms with Gasteiger partial charge in [-0.15, -0.1) is 0 Å². The van der Waals surface area contributed by atoms with Crippen LogP contribution in [-0.4, -0.2) is 39.8 Å². The van der Waals surface area contributed by atoms with Crippen molar-refractivity contribution in [2.45, 2.75) is 11.4 Å². The molecule has 0 spiro atoms. The van der Waals surface area contributed by atoms with E-state index in [4.69, 9.17) is 4.74 Å².